The van der Waals surface area contributed by atoms with Gasteiger partial charge in [0.25, 0.3) is 5.91 Å². The highest BCUT2D eigenvalue weighted by atomic mass is 16.2. The number of fused-ring (bicyclic) bond motifs is 1. The highest BCUT2D eigenvalue weighted by Gasteiger charge is 2.24. The van der Waals surface area contributed by atoms with Crippen LogP contribution < -0.4 is 5.32 Å². The molecule has 1 aromatic carbocycles. The Labute approximate surface area is 144 Å². The van der Waals surface area contributed by atoms with Gasteiger partial charge in [-0.15, -0.1) is 0 Å². The van der Waals surface area contributed by atoms with E-state index in [-0.39, 0.29) is 17.4 Å². The van der Waals surface area contributed by atoms with Crippen molar-refractivity contribution in [2.75, 3.05) is 31.5 Å². The number of benzene rings is 1. The summed E-state index contributed by atoms with van der Waals surface area (Å²) in [4.78, 5) is 34.2. The molecule has 1 aliphatic heterocycles. The Morgan fingerprint density at radius 3 is 2.68 bits per heavy atom. The van der Waals surface area contributed by atoms with Crippen LogP contribution in [-0.2, 0) is 9.59 Å². The van der Waals surface area contributed by atoms with E-state index in [0.717, 1.165) is 16.7 Å². The van der Waals surface area contributed by atoms with Crippen molar-refractivity contribution in [3.8, 4) is 6.07 Å². The predicted molar refractivity (Wildman–Crippen MR) is 92.2 cm³/mol. The minimum absolute atomic E-state index is 0.000914. The number of imidazole rings is 1. The molecule has 0 atom stereocenters. The molecule has 0 radical (unpaired) electrons. The summed E-state index contributed by atoms with van der Waals surface area (Å²) >= 11 is 0. The van der Waals surface area contributed by atoms with Gasteiger partial charge in [0, 0.05) is 45.0 Å². The molecule has 1 saturated heterocycles. The van der Waals surface area contributed by atoms with E-state index in [2.05, 4.69) is 15.3 Å². The first-order valence-electron chi connectivity index (χ1n) is 7.93. The number of nitriles is 1. The number of carbonyl (C=O) groups is 2. The first-order chi connectivity index (χ1) is 12.1. The number of piperazine rings is 1. The first kappa shape index (κ1) is 16.5. The monoisotopic (exact) mass is 338 g/mol. The molecule has 1 aromatic heterocycles. The van der Waals surface area contributed by atoms with Crippen molar-refractivity contribution in [2.24, 2.45) is 0 Å². The van der Waals surface area contributed by atoms with Crippen molar-refractivity contribution in [3.63, 3.8) is 0 Å². The quantitative estimate of drug-likeness (QED) is 0.643. The number of rotatable bonds is 3. The normalized spacial score (nSPS) is 15.1. The largest absolute Gasteiger partial charge is 0.360 e. The van der Waals surface area contributed by atoms with Crippen molar-refractivity contribution in [3.05, 3.63) is 36.3 Å². The fourth-order valence-corrected chi connectivity index (χ4v) is 2.72. The van der Waals surface area contributed by atoms with E-state index in [1.54, 1.807) is 16.1 Å². The molecule has 3 rings (SSSR count). The number of aromatic amines is 1. The molecule has 25 heavy (non-hydrogen) atoms. The van der Waals surface area contributed by atoms with Gasteiger partial charge in [0.1, 0.15) is 11.6 Å². The number of nitrogens with one attached hydrogen (secondary N) is 2. The van der Waals surface area contributed by atoms with E-state index >= 15 is 0 Å². The minimum Gasteiger partial charge on any atom is -0.360 e. The SMILES string of the molecule is CC(=O)N1CCN(C(=O)/C(C#N)=C\Nc2ccc3nc[nH]c3c2)CC1. The molecule has 2 aromatic rings. The first-order valence-corrected chi connectivity index (χ1v) is 7.93. The summed E-state index contributed by atoms with van der Waals surface area (Å²) in [5.74, 6) is -0.333. The molecule has 0 bridgehead atoms. The second-order valence-corrected chi connectivity index (χ2v) is 5.75. The summed E-state index contributed by atoms with van der Waals surface area (Å²) in [6, 6.07) is 7.46. The van der Waals surface area contributed by atoms with Crippen LogP contribution in [0.3, 0.4) is 0 Å². The van der Waals surface area contributed by atoms with Crippen molar-refractivity contribution in [1.29, 1.82) is 5.26 Å². The summed E-state index contributed by atoms with van der Waals surface area (Å²) in [6.45, 7) is 3.35. The maximum atomic E-state index is 12.5. The summed E-state index contributed by atoms with van der Waals surface area (Å²) in [5.41, 5.74) is 2.48. The van der Waals surface area contributed by atoms with Crippen LogP contribution in [0.2, 0.25) is 0 Å². The molecule has 1 aliphatic rings. The Morgan fingerprint density at radius 2 is 2.00 bits per heavy atom. The molecule has 2 N–H and O–H groups in total. The molecular weight excluding hydrogens is 320 g/mol. The van der Waals surface area contributed by atoms with Gasteiger partial charge in [-0.25, -0.2) is 4.98 Å². The second kappa shape index (κ2) is 7.05. The number of nitrogens with zero attached hydrogens (tertiary/aromatic N) is 4. The van der Waals surface area contributed by atoms with Crippen molar-refractivity contribution < 1.29 is 9.59 Å². The van der Waals surface area contributed by atoms with Gasteiger partial charge in [0.05, 0.1) is 17.4 Å². The molecule has 0 unspecified atom stereocenters. The number of hydrogen-bond acceptors (Lipinski definition) is 5. The molecule has 0 spiro atoms. The molecular formula is C17H18N6O2. The van der Waals surface area contributed by atoms with Gasteiger partial charge in [-0.2, -0.15) is 5.26 Å². The van der Waals surface area contributed by atoms with Crippen LogP contribution >= 0.6 is 0 Å². The molecule has 2 amide bonds. The Balaban J connectivity index is 1.66. The van der Waals surface area contributed by atoms with Gasteiger partial charge in [0.15, 0.2) is 0 Å². The van der Waals surface area contributed by atoms with Crippen LogP contribution in [0.5, 0.6) is 0 Å². The van der Waals surface area contributed by atoms with Gasteiger partial charge in [-0.3, -0.25) is 9.59 Å². The molecule has 0 saturated carbocycles. The highest BCUT2D eigenvalue weighted by Crippen LogP contribution is 2.16. The van der Waals surface area contributed by atoms with Gasteiger partial charge >= 0.3 is 0 Å². The van der Waals surface area contributed by atoms with Crippen molar-refractivity contribution in [2.45, 2.75) is 6.92 Å². The van der Waals surface area contributed by atoms with Gasteiger partial charge in [0.2, 0.25) is 5.91 Å². The van der Waals surface area contributed by atoms with Gasteiger partial charge < -0.3 is 20.1 Å². The van der Waals surface area contributed by atoms with E-state index in [0.29, 0.717) is 26.2 Å². The summed E-state index contributed by atoms with van der Waals surface area (Å²) < 4.78 is 0. The zero-order valence-corrected chi connectivity index (χ0v) is 13.8. The van der Waals surface area contributed by atoms with E-state index in [4.69, 9.17) is 0 Å². The number of carbonyl (C=O) groups excluding carboxylic acids is 2. The maximum Gasteiger partial charge on any atom is 0.266 e. The highest BCUT2D eigenvalue weighted by molar-refractivity contribution is 5.97. The number of aromatic nitrogens is 2. The van der Waals surface area contributed by atoms with Gasteiger partial charge in [-0.05, 0) is 18.2 Å². The Bertz CT molecular complexity index is 871. The van der Waals surface area contributed by atoms with E-state index in [9.17, 15) is 14.9 Å². The molecule has 0 aliphatic carbocycles. The molecule has 8 nitrogen and oxygen atoms in total. The Kier molecular flexibility index (Phi) is 4.66. The third-order valence-corrected chi connectivity index (χ3v) is 4.17. The lowest BCUT2D eigenvalue weighted by molar-refractivity contribution is -0.136. The fraction of sp³-hybridized carbons (Fsp3) is 0.294. The van der Waals surface area contributed by atoms with Crippen LogP contribution in [0.25, 0.3) is 11.0 Å². The zero-order chi connectivity index (χ0) is 17.8. The predicted octanol–water partition coefficient (Wildman–Crippen LogP) is 1.07. The molecule has 128 valence electrons. The maximum absolute atomic E-state index is 12.5. The number of amides is 2. The van der Waals surface area contributed by atoms with Crippen LogP contribution in [0, 0.1) is 11.3 Å². The van der Waals surface area contributed by atoms with Crippen LogP contribution in [0.15, 0.2) is 36.3 Å². The average Bonchev–Trinajstić information content (AvgIpc) is 3.10. The minimum atomic E-state index is -0.333. The Morgan fingerprint density at radius 1 is 1.28 bits per heavy atom. The third-order valence-electron chi connectivity index (χ3n) is 4.17. The van der Waals surface area contributed by atoms with Crippen LogP contribution in [-0.4, -0.2) is 57.8 Å². The summed E-state index contributed by atoms with van der Waals surface area (Å²) in [7, 11) is 0. The second-order valence-electron chi connectivity index (χ2n) is 5.75. The number of anilines is 1. The lowest BCUT2D eigenvalue weighted by atomic mass is 10.2. The fourth-order valence-electron chi connectivity index (χ4n) is 2.72. The topological polar surface area (TPSA) is 105 Å². The third kappa shape index (κ3) is 3.61. The molecule has 1 fully saturated rings. The lowest BCUT2D eigenvalue weighted by Gasteiger charge is -2.34. The summed E-state index contributed by atoms with van der Waals surface area (Å²) in [6.07, 6.45) is 3.02. The lowest BCUT2D eigenvalue weighted by Crippen LogP contribution is -2.50. The summed E-state index contributed by atoms with van der Waals surface area (Å²) in [5, 5.41) is 12.3. The van der Waals surface area contributed by atoms with Crippen LogP contribution in [0.4, 0.5) is 5.69 Å². The number of H-pyrrole nitrogens is 1. The molecule has 2 heterocycles. The average molecular weight is 338 g/mol. The van der Waals surface area contributed by atoms with Crippen molar-refractivity contribution >= 4 is 28.5 Å². The van der Waals surface area contributed by atoms with E-state index < -0.39 is 0 Å². The van der Waals surface area contributed by atoms with Crippen LogP contribution in [0.1, 0.15) is 6.92 Å². The molecule has 8 heteroatoms. The Hall–Kier alpha value is -3.34. The standard InChI is InChI=1S/C17H18N6O2/c1-12(24)22-4-6-23(7-5-22)17(25)13(9-18)10-19-14-2-3-15-16(8-14)21-11-20-15/h2-3,8,10-11,19H,4-7H2,1H3,(H,20,21)/b13-10-. The van der Waals surface area contributed by atoms with Gasteiger partial charge in [-0.1, -0.05) is 0 Å². The smallest absolute Gasteiger partial charge is 0.266 e. The van der Waals surface area contributed by atoms with E-state index in [1.165, 1.54) is 13.1 Å². The number of hydrogen-bond donors (Lipinski definition) is 2. The zero-order valence-electron chi connectivity index (χ0n) is 13.8. The van der Waals surface area contributed by atoms with Crippen molar-refractivity contribution in [1.82, 2.24) is 19.8 Å². The van der Waals surface area contributed by atoms with E-state index in [1.807, 2.05) is 24.3 Å².